The summed E-state index contributed by atoms with van der Waals surface area (Å²) in [5.41, 5.74) is 0. The van der Waals surface area contributed by atoms with Crippen LogP contribution < -0.4 is 5.32 Å². The van der Waals surface area contributed by atoms with Crippen molar-refractivity contribution in [2.75, 3.05) is 0 Å². The molecular formula is C14H19NS2. The van der Waals surface area contributed by atoms with Crippen molar-refractivity contribution in [1.82, 2.24) is 5.32 Å². The number of thiophene rings is 2. The highest BCUT2D eigenvalue weighted by molar-refractivity contribution is 7.10. The second-order valence-electron chi connectivity index (χ2n) is 4.12. The molecule has 2 aromatic rings. The molecule has 0 radical (unpaired) electrons. The van der Waals surface area contributed by atoms with Crippen LogP contribution in [0.2, 0.25) is 0 Å². The second kappa shape index (κ2) is 6.34. The molecule has 17 heavy (non-hydrogen) atoms. The SMILES string of the molecule is CCC(NC(CC)c1cccs1)c1cccs1. The predicted octanol–water partition coefficient (Wildman–Crippen LogP) is 5.00. The standard InChI is InChI=1S/C14H19NS2/c1-3-11(13-7-5-9-16-13)15-12(4-2)14-8-6-10-17-14/h5-12,15H,3-4H2,1-2H3. The van der Waals surface area contributed by atoms with E-state index in [1.54, 1.807) is 0 Å². The van der Waals surface area contributed by atoms with Gasteiger partial charge in [0.2, 0.25) is 0 Å². The maximum Gasteiger partial charge on any atom is 0.0417 e. The highest BCUT2D eigenvalue weighted by Crippen LogP contribution is 2.28. The van der Waals surface area contributed by atoms with Gasteiger partial charge in [-0.15, -0.1) is 22.7 Å². The van der Waals surface area contributed by atoms with Crippen molar-refractivity contribution in [3.8, 4) is 0 Å². The quantitative estimate of drug-likeness (QED) is 0.775. The van der Waals surface area contributed by atoms with Crippen LogP contribution in [0.15, 0.2) is 35.0 Å². The molecule has 2 unspecified atom stereocenters. The van der Waals surface area contributed by atoms with Crippen LogP contribution in [0.3, 0.4) is 0 Å². The largest absolute Gasteiger partial charge is 0.302 e. The van der Waals surface area contributed by atoms with E-state index in [0.717, 1.165) is 12.8 Å². The molecule has 2 rings (SSSR count). The first-order chi connectivity index (χ1) is 8.35. The van der Waals surface area contributed by atoms with Crippen molar-refractivity contribution in [3.05, 3.63) is 44.8 Å². The Morgan fingerprint density at radius 2 is 1.41 bits per heavy atom. The molecule has 92 valence electrons. The third kappa shape index (κ3) is 3.18. The Kier molecular flexibility index (Phi) is 4.77. The summed E-state index contributed by atoms with van der Waals surface area (Å²) in [6, 6.07) is 9.71. The zero-order chi connectivity index (χ0) is 12.1. The lowest BCUT2D eigenvalue weighted by Crippen LogP contribution is -2.24. The fourth-order valence-electron chi connectivity index (χ4n) is 2.02. The molecule has 1 nitrogen and oxygen atoms in total. The molecule has 2 aromatic heterocycles. The molecule has 0 saturated carbocycles. The van der Waals surface area contributed by atoms with Crippen molar-refractivity contribution >= 4 is 22.7 Å². The minimum atomic E-state index is 0.488. The van der Waals surface area contributed by atoms with E-state index in [1.807, 2.05) is 22.7 Å². The normalized spacial score (nSPS) is 14.7. The molecule has 2 atom stereocenters. The van der Waals surface area contributed by atoms with E-state index in [-0.39, 0.29) is 0 Å². The summed E-state index contributed by atoms with van der Waals surface area (Å²) in [5.74, 6) is 0. The van der Waals surface area contributed by atoms with E-state index in [2.05, 4.69) is 54.2 Å². The lowest BCUT2D eigenvalue weighted by atomic mass is 10.1. The second-order valence-corrected chi connectivity index (χ2v) is 6.08. The Balaban J connectivity index is 2.07. The van der Waals surface area contributed by atoms with Gasteiger partial charge in [-0.05, 0) is 35.7 Å². The Morgan fingerprint density at radius 3 is 1.71 bits per heavy atom. The molecule has 2 heterocycles. The first-order valence-corrected chi connectivity index (χ1v) is 7.94. The van der Waals surface area contributed by atoms with Crippen molar-refractivity contribution < 1.29 is 0 Å². The molecule has 0 amide bonds. The van der Waals surface area contributed by atoms with Crippen molar-refractivity contribution in [2.45, 2.75) is 38.8 Å². The van der Waals surface area contributed by atoms with E-state index >= 15 is 0 Å². The zero-order valence-electron chi connectivity index (χ0n) is 10.3. The summed E-state index contributed by atoms with van der Waals surface area (Å²) < 4.78 is 0. The molecular weight excluding hydrogens is 246 g/mol. The summed E-state index contributed by atoms with van der Waals surface area (Å²) in [7, 11) is 0. The molecule has 3 heteroatoms. The van der Waals surface area contributed by atoms with Crippen LogP contribution in [-0.4, -0.2) is 0 Å². The van der Waals surface area contributed by atoms with Gasteiger partial charge in [0.15, 0.2) is 0 Å². The summed E-state index contributed by atoms with van der Waals surface area (Å²) >= 11 is 3.69. The highest BCUT2D eigenvalue weighted by Gasteiger charge is 2.17. The highest BCUT2D eigenvalue weighted by atomic mass is 32.1. The maximum atomic E-state index is 3.78. The molecule has 0 bridgehead atoms. The zero-order valence-corrected chi connectivity index (χ0v) is 12.0. The lowest BCUT2D eigenvalue weighted by Gasteiger charge is -2.22. The van der Waals surface area contributed by atoms with Gasteiger partial charge < -0.3 is 5.32 Å². The molecule has 0 aliphatic heterocycles. The van der Waals surface area contributed by atoms with Crippen LogP contribution in [0.25, 0.3) is 0 Å². The van der Waals surface area contributed by atoms with Crippen molar-refractivity contribution in [1.29, 1.82) is 0 Å². The minimum absolute atomic E-state index is 0.488. The number of rotatable bonds is 6. The van der Waals surface area contributed by atoms with E-state index < -0.39 is 0 Å². The topological polar surface area (TPSA) is 12.0 Å². The lowest BCUT2D eigenvalue weighted by molar-refractivity contribution is 0.435. The van der Waals surface area contributed by atoms with Gasteiger partial charge in [-0.3, -0.25) is 0 Å². The molecule has 0 aromatic carbocycles. The summed E-state index contributed by atoms with van der Waals surface area (Å²) in [6.07, 6.45) is 2.28. The van der Waals surface area contributed by atoms with Crippen LogP contribution in [0.4, 0.5) is 0 Å². The molecule has 0 aliphatic carbocycles. The van der Waals surface area contributed by atoms with Gasteiger partial charge in [-0.1, -0.05) is 26.0 Å². The van der Waals surface area contributed by atoms with Gasteiger partial charge in [0.25, 0.3) is 0 Å². The van der Waals surface area contributed by atoms with Crippen molar-refractivity contribution in [3.63, 3.8) is 0 Å². The van der Waals surface area contributed by atoms with Crippen LogP contribution in [0.5, 0.6) is 0 Å². The fraction of sp³-hybridized carbons (Fsp3) is 0.429. The molecule has 0 saturated heterocycles. The van der Waals surface area contributed by atoms with E-state index in [1.165, 1.54) is 9.75 Å². The molecule has 0 fully saturated rings. The van der Waals surface area contributed by atoms with Crippen molar-refractivity contribution in [2.24, 2.45) is 0 Å². The molecule has 1 N–H and O–H groups in total. The number of nitrogens with one attached hydrogen (secondary N) is 1. The smallest absolute Gasteiger partial charge is 0.0417 e. The molecule has 0 spiro atoms. The Bertz CT molecular complexity index is 365. The van der Waals surface area contributed by atoms with Gasteiger partial charge in [0.1, 0.15) is 0 Å². The van der Waals surface area contributed by atoms with Crippen LogP contribution in [0.1, 0.15) is 48.5 Å². The van der Waals surface area contributed by atoms with E-state index in [4.69, 9.17) is 0 Å². The van der Waals surface area contributed by atoms with Gasteiger partial charge in [0.05, 0.1) is 0 Å². The number of hydrogen-bond acceptors (Lipinski definition) is 3. The van der Waals surface area contributed by atoms with Crippen LogP contribution in [-0.2, 0) is 0 Å². The summed E-state index contributed by atoms with van der Waals surface area (Å²) in [5, 5.41) is 8.10. The predicted molar refractivity (Wildman–Crippen MR) is 77.8 cm³/mol. The fourth-order valence-corrected chi connectivity index (χ4v) is 3.77. The molecule has 0 aliphatic rings. The van der Waals surface area contributed by atoms with Gasteiger partial charge in [-0.25, -0.2) is 0 Å². The number of hydrogen-bond donors (Lipinski definition) is 1. The summed E-state index contributed by atoms with van der Waals surface area (Å²) in [6.45, 7) is 4.50. The van der Waals surface area contributed by atoms with Gasteiger partial charge in [-0.2, -0.15) is 0 Å². The average Bonchev–Trinajstić information content (AvgIpc) is 3.03. The van der Waals surface area contributed by atoms with E-state index in [0.29, 0.717) is 12.1 Å². The Hall–Kier alpha value is -0.640. The first-order valence-electron chi connectivity index (χ1n) is 6.18. The summed E-state index contributed by atoms with van der Waals surface area (Å²) in [4.78, 5) is 2.89. The van der Waals surface area contributed by atoms with Gasteiger partial charge in [0, 0.05) is 21.8 Å². The first kappa shape index (κ1) is 12.8. The third-order valence-corrected chi connectivity index (χ3v) is 4.96. The maximum absolute atomic E-state index is 3.78. The minimum Gasteiger partial charge on any atom is -0.302 e. The Labute approximate surface area is 112 Å². The third-order valence-electron chi connectivity index (χ3n) is 2.99. The monoisotopic (exact) mass is 265 g/mol. The van der Waals surface area contributed by atoms with Crippen LogP contribution >= 0.6 is 22.7 Å². The van der Waals surface area contributed by atoms with Crippen LogP contribution in [0, 0.1) is 0 Å². The Morgan fingerprint density at radius 1 is 0.941 bits per heavy atom. The van der Waals surface area contributed by atoms with Gasteiger partial charge >= 0.3 is 0 Å². The average molecular weight is 265 g/mol. The van der Waals surface area contributed by atoms with E-state index in [9.17, 15) is 0 Å².